The maximum absolute atomic E-state index is 12.6. The Kier molecular flexibility index (Phi) is 5.54. The summed E-state index contributed by atoms with van der Waals surface area (Å²) in [6.07, 6.45) is 1.02. The molecule has 0 aliphatic carbocycles. The standard InChI is InChI=1S/C13H20ClN3O3/c1-3-16-4-7-20-11(9-16)13(18)12-10(14)8-15-17(12)5-6-19-2/h8,11H,3-7,9H2,1-2H3. The van der Waals surface area contributed by atoms with Gasteiger partial charge in [0.2, 0.25) is 5.78 Å². The van der Waals surface area contributed by atoms with Gasteiger partial charge in [-0.1, -0.05) is 18.5 Å². The number of ketones is 1. The van der Waals surface area contributed by atoms with Gasteiger partial charge in [0.05, 0.1) is 31.0 Å². The maximum Gasteiger partial charge on any atom is 0.212 e. The predicted molar refractivity (Wildman–Crippen MR) is 75.3 cm³/mol. The summed E-state index contributed by atoms with van der Waals surface area (Å²) in [6.45, 7) is 5.97. The van der Waals surface area contributed by atoms with Crippen LogP contribution in [0.5, 0.6) is 0 Å². The Morgan fingerprint density at radius 3 is 3.15 bits per heavy atom. The van der Waals surface area contributed by atoms with Crippen LogP contribution >= 0.6 is 11.6 Å². The van der Waals surface area contributed by atoms with Crippen molar-refractivity contribution in [1.82, 2.24) is 14.7 Å². The first-order valence-electron chi connectivity index (χ1n) is 6.75. The van der Waals surface area contributed by atoms with Gasteiger partial charge >= 0.3 is 0 Å². The second-order valence-electron chi connectivity index (χ2n) is 4.67. The highest BCUT2D eigenvalue weighted by molar-refractivity contribution is 6.33. The van der Waals surface area contributed by atoms with Crippen molar-refractivity contribution in [2.24, 2.45) is 0 Å². The fourth-order valence-corrected chi connectivity index (χ4v) is 2.49. The molecule has 7 heteroatoms. The summed E-state index contributed by atoms with van der Waals surface area (Å²) < 4.78 is 12.2. The molecule has 0 saturated carbocycles. The molecule has 2 heterocycles. The van der Waals surface area contributed by atoms with Crippen molar-refractivity contribution in [2.45, 2.75) is 19.6 Å². The second kappa shape index (κ2) is 7.17. The number of likely N-dealkylation sites (N-methyl/N-ethyl adjacent to an activating group) is 1. The van der Waals surface area contributed by atoms with Crippen molar-refractivity contribution in [3.8, 4) is 0 Å². The first-order chi connectivity index (χ1) is 9.67. The molecule has 0 radical (unpaired) electrons. The highest BCUT2D eigenvalue weighted by Crippen LogP contribution is 2.19. The van der Waals surface area contributed by atoms with Crippen LogP contribution in [0.1, 0.15) is 17.4 Å². The third-order valence-electron chi connectivity index (χ3n) is 3.43. The fourth-order valence-electron chi connectivity index (χ4n) is 2.26. The molecule has 2 rings (SSSR count). The Balaban J connectivity index is 2.13. The molecule has 1 unspecified atom stereocenters. The minimum Gasteiger partial charge on any atom is -0.383 e. The molecule has 1 saturated heterocycles. The van der Waals surface area contributed by atoms with Gasteiger partial charge in [0, 0.05) is 20.2 Å². The number of hydrogen-bond donors (Lipinski definition) is 0. The molecule has 0 aromatic carbocycles. The van der Waals surface area contributed by atoms with E-state index in [4.69, 9.17) is 21.1 Å². The van der Waals surface area contributed by atoms with Gasteiger partial charge in [-0.3, -0.25) is 14.4 Å². The number of morpholine rings is 1. The summed E-state index contributed by atoms with van der Waals surface area (Å²) >= 11 is 6.09. The van der Waals surface area contributed by atoms with Gasteiger partial charge in [0.15, 0.2) is 0 Å². The number of nitrogens with zero attached hydrogens (tertiary/aromatic N) is 3. The molecule has 1 aliphatic heterocycles. The zero-order valence-corrected chi connectivity index (χ0v) is 12.6. The molecule has 0 spiro atoms. The third-order valence-corrected chi connectivity index (χ3v) is 3.70. The van der Waals surface area contributed by atoms with E-state index in [9.17, 15) is 4.79 Å². The van der Waals surface area contributed by atoms with Crippen LogP contribution in [0.25, 0.3) is 0 Å². The Morgan fingerprint density at radius 1 is 1.65 bits per heavy atom. The average molecular weight is 302 g/mol. The first kappa shape index (κ1) is 15.4. The molecule has 1 aliphatic rings. The van der Waals surface area contributed by atoms with E-state index in [1.165, 1.54) is 6.20 Å². The Hall–Kier alpha value is -0.950. The fraction of sp³-hybridized carbons (Fsp3) is 0.692. The number of aromatic nitrogens is 2. The lowest BCUT2D eigenvalue weighted by Crippen LogP contribution is -2.46. The van der Waals surface area contributed by atoms with E-state index in [2.05, 4.69) is 16.9 Å². The maximum atomic E-state index is 12.6. The zero-order valence-electron chi connectivity index (χ0n) is 11.8. The minimum atomic E-state index is -0.473. The Labute approximate surface area is 123 Å². The van der Waals surface area contributed by atoms with E-state index in [1.54, 1.807) is 11.8 Å². The van der Waals surface area contributed by atoms with Crippen molar-refractivity contribution in [3.63, 3.8) is 0 Å². The molecule has 1 aromatic heterocycles. The van der Waals surface area contributed by atoms with Crippen LogP contribution in [-0.2, 0) is 16.0 Å². The third kappa shape index (κ3) is 3.38. The number of hydrogen-bond acceptors (Lipinski definition) is 5. The topological polar surface area (TPSA) is 56.6 Å². The molecule has 0 bridgehead atoms. The number of halogens is 1. The van der Waals surface area contributed by atoms with E-state index in [0.717, 1.165) is 13.1 Å². The number of ether oxygens (including phenoxy) is 2. The number of carbonyl (C=O) groups excluding carboxylic acids is 1. The number of carbonyl (C=O) groups is 1. The summed E-state index contributed by atoms with van der Waals surface area (Å²) in [5.41, 5.74) is 0.409. The smallest absolute Gasteiger partial charge is 0.212 e. The van der Waals surface area contributed by atoms with Gasteiger partial charge in [0.1, 0.15) is 11.8 Å². The molecule has 6 nitrogen and oxygen atoms in total. The Bertz CT molecular complexity index is 464. The molecule has 1 atom stereocenters. The van der Waals surface area contributed by atoms with Crippen LogP contribution < -0.4 is 0 Å². The molecule has 112 valence electrons. The quantitative estimate of drug-likeness (QED) is 0.736. The molecule has 0 N–H and O–H groups in total. The van der Waals surface area contributed by atoms with Gasteiger partial charge in [-0.05, 0) is 6.54 Å². The van der Waals surface area contributed by atoms with Gasteiger partial charge in [-0.25, -0.2) is 0 Å². The minimum absolute atomic E-state index is 0.109. The van der Waals surface area contributed by atoms with Gasteiger partial charge in [-0.2, -0.15) is 5.10 Å². The lowest BCUT2D eigenvalue weighted by molar-refractivity contribution is -0.0154. The molecule has 1 aromatic rings. The summed E-state index contributed by atoms with van der Waals surface area (Å²) in [5.74, 6) is -0.109. The summed E-state index contributed by atoms with van der Waals surface area (Å²) in [4.78, 5) is 14.8. The van der Waals surface area contributed by atoms with Crippen molar-refractivity contribution in [3.05, 3.63) is 16.9 Å². The van der Waals surface area contributed by atoms with Crippen LogP contribution in [0.15, 0.2) is 6.20 Å². The molecule has 0 amide bonds. The summed E-state index contributed by atoms with van der Waals surface area (Å²) in [6, 6.07) is 0. The van der Waals surface area contributed by atoms with E-state index in [-0.39, 0.29) is 5.78 Å². The largest absolute Gasteiger partial charge is 0.383 e. The van der Waals surface area contributed by atoms with Crippen LogP contribution in [0, 0.1) is 0 Å². The monoisotopic (exact) mass is 301 g/mol. The van der Waals surface area contributed by atoms with Crippen molar-refractivity contribution in [1.29, 1.82) is 0 Å². The average Bonchev–Trinajstić information content (AvgIpc) is 2.85. The lowest BCUT2D eigenvalue weighted by atomic mass is 10.1. The van der Waals surface area contributed by atoms with E-state index in [0.29, 0.717) is 37.0 Å². The highest BCUT2D eigenvalue weighted by atomic mass is 35.5. The SMILES string of the molecule is CCN1CCOC(C(=O)c2c(Cl)cnn2CCOC)C1. The number of rotatable bonds is 6. The first-order valence-corrected chi connectivity index (χ1v) is 7.13. The Morgan fingerprint density at radius 2 is 2.45 bits per heavy atom. The highest BCUT2D eigenvalue weighted by Gasteiger charge is 2.30. The molecular weight excluding hydrogens is 282 g/mol. The van der Waals surface area contributed by atoms with E-state index < -0.39 is 6.10 Å². The number of methoxy groups -OCH3 is 1. The normalized spacial score (nSPS) is 20.2. The molecular formula is C13H20ClN3O3. The van der Waals surface area contributed by atoms with E-state index >= 15 is 0 Å². The van der Waals surface area contributed by atoms with Crippen LogP contribution in [-0.4, -0.2) is 66.5 Å². The van der Waals surface area contributed by atoms with Crippen molar-refractivity contribution >= 4 is 17.4 Å². The van der Waals surface area contributed by atoms with Gasteiger partial charge in [-0.15, -0.1) is 0 Å². The van der Waals surface area contributed by atoms with Gasteiger partial charge in [0.25, 0.3) is 0 Å². The number of Topliss-reactive ketones (excluding diaryl/α,β-unsaturated/α-hetero) is 1. The van der Waals surface area contributed by atoms with Crippen LogP contribution in [0.3, 0.4) is 0 Å². The second-order valence-corrected chi connectivity index (χ2v) is 5.08. The van der Waals surface area contributed by atoms with E-state index in [1.807, 2.05) is 0 Å². The van der Waals surface area contributed by atoms with Crippen LogP contribution in [0.4, 0.5) is 0 Å². The van der Waals surface area contributed by atoms with Crippen LogP contribution in [0.2, 0.25) is 5.02 Å². The summed E-state index contributed by atoms with van der Waals surface area (Å²) in [7, 11) is 1.61. The predicted octanol–water partition coefficient (Wildman–Crippen LogP) is 1.09. The molecule has 20 heavy (non-hydrogen) atoms. The van der Waals surface area contributed by atoms with Crippen molar-refractivity contribution < 1.29 is 14.3 Å². The zero-order chi connectivity index (χ0) is 14.5. The summed E-state index contributed by atoms with van der Waals surface area (Å²) in [5, 5.41) is 4.49. The lowest BCUT2D eigenvalue weighted by Gasteiger charge is -2.31. The van der Waals surface area contributed by atoms with Gasteiger partial charge < -0.3 is 9.47 Å². The van der Waals surface area contributed by atoms with Crippen molar-refractivity contribution in [2.75, 3.05) is 40.0 Å². The molecule has 1 fully saturated rings.